The molecule has 3 saturated heterocycles. The fourth-order valence-electron chi connectivity index (χ4n) is 7.46. The van der Waals surface area contributed by atoms with Crippen LogP contribution < -0.4 is 22.1 Å². The molecule has 3 heterocycles. The van der Waals surface area contributed by atoms with E-state index in [-0.39, 0.29) is 63.4 Å². The minimum Gasteiger partial charge on any atom is -0.480 e. The summed E-state index contributed by atoms with van der Waals surface area (Å²) in [5.74, 6) is -4.46. The molecule has 11 N–H and O–H groups in total. The summed E-state index contributed by atoms with van der Waals surface area (Å²) >= 11 is 0. The Hall–Kier alpha value is -3.50. The Kier molecular flexibility index (Phi) is 18.7. The molecule has 0 bridgehead atoms. The normalized spacial score (nSPS) is 31.1. The number of aliphatic hydroxyl groups is 4. The molecule has 0 radical (unpaired) electrons. The van der Waals surface area contributed by atoms with E-state index in [2.05, 4.69) is 22.2 Å². The van der Waals surface area contributed by atoms with Crippen molar-refractivity contribution in [1.29, 1.82) is 0 Å². The van der Waals surface area contributed by atoms with Gasteiger partial charge in [-0.2, -0.15) is 0 Å². The molecule has 19 nitrogen and oxygen atoms in total. The number of guanidine groups is 1. The molecule has 330 valence electrons. The minimum absolute atomic E-state index is 0.00449. The Labute approximate surface area is 339 Å². The third kappa shape index (κ3) is 13.0. The van der Waals surface area contributed by atoms with Crippen molar-refractivity contribution < 1.29 is 68.3 Å². The summed E-state index contributed by atoms with van der Waals surface area (Å²) in [6, 6.07) is -1.15. The first kappa shape index (κ1) is 48.9. The van der Waals surface area contributed by atoms with Crippen molar-refractivity contribution in [3.63, 3.8) is 0 Å². The molecule has 2 amide bonds. The molecule has 0 aliphatic carbocycles. The van der Waals surface area contributed by atoms with Crippen molar-refractivity contribution in [2.24, 2.45) is 27.8 Å². The van der Waals surface area contributed by atoms with Crippen LogP contribution in [0.2, 0.25) is 0 Å². The first-order chi connectivity index (χ1) is 27.3. The molecule has 3 aliphatic heterocycles. The summed E-state index contributed by atoms with van der Waals surface area (Å²) in [6.45, 7) is 11.7. The molecule has 3 aliphatic rings. The molecule has 0 saturated carbocycles. The number of carboxylic acid groups (broad SMARTS) is 1. The zero-order chi connectivity index (χ0) is 43.4. The smallest absolute Gasteiger partial charge is 0.326 e. The molecular weight excluding hydrogens is 762 g/mol. The molecule has 13 atom stereocenters. The molecule has 3 fully saturated rings. The Balaban J connectivity index is 1.53. The van der Waals surface area contributed by atoms with Crippen LogP contribution in [0.25, 0.3) is 0 Å². The third-order valence-corrected chi connectivity index (χ3v) is 11.2. The van der Waals surface area contributed by atoms with E-state index >= 15 is 0 Å². The molecule has 0 spiro atoms. The number of hydrogen-bond acceptors (Lipinski definition) is 14. The van der Waals surface area contributed by atoms with Gasteiger partial charge >= 0.3 is 5.97 Å². The second kappa shape index (κ2) is 22.2. The zero-order valence-electron chi connectivity index (χ0n) is 34.3. The highest BCUT2D eigenvalue weighted by Gasteiger charge is 2.57. The fourth-order valence-corrected chi connectivity index (χ4v) is 7.46. The Morgan fingerprint density at radius 1 is 1.03 bits per heavy atom. The van der Waals surface area contributed by atoms with Crippen LogP contribution in [0, 0.1) is 11.3 Å². The number of hydrogen-bond donors (Lipinski definition) is 9. The number of methoxy groups -OCH3 is 2. The van der Waals surface area contributed by atoms with E-state index in [0.29, 0.717) is 12.8 Å². The summed E-state index contributed by atoms with van der Waals surface area (Å²) < 4.78 is 35.7. The van der Waals surface area contributed by atoms with Crippen molar-refractivity contribution in [3.8, 4) is 0 Å². The van der Waals surface area contributed by atoms with Gasteiger partial charge in [0.05, 0.1) is 36.6 Å². The van der Waals surface area contributed by atoms with Gasteiger partial charge in [0, 0.05) is 51.0 Å². The maximum Gasteiger partial charge on any atom is 0.326 e. The lowest BCUT2D eigenvalue weighted by molar-refractivity contribution is -0.332. The minimum atomic E-state index is -1.74. The topological polar surface area (TPSA) is 296 Å². The Bertz CT molecular complexity index is 1470. The van der Waals surface area contributed by atoms with E-state index in [4.69, 9.17) is 39.9 Å². The summed E-state index contributed by atoms with van der Waals surface area (Å²) in [5, 5.41) is 57.8. The number of aliphatic imine (C=N–C) groups is 1. The van der Waals surface area contributed by atoms with E-state index < -0.39 is 90.1 Å². The van der Waals surface area contributed by atoms with Gasteiger partial charge in [-0.15, -0.1) is 0 Å². The van der Waals surface area contributed by atoms with Crippen molar-refractivity contribution in [3.05, 3.63) is 36.5 Å². The molecule has 0 aromatic heterocycles. The van der Waals surface area contributed by atoms with E-state index in [1.165, 1.54) is 32.4 Å². The molecule has 0 unspecified atom stereocenters. The highest BCUT2D eigenvalue weighted by molar-refractivity contribution is 5.91. The predicted molar refractivity (Wildman–Crippen MR) is 209 cm³/mol. The molecule has 3 rings (SSSR count). The van der Waals surface area contributed by atoms with Gasteiger partial charge in [-0.05, 0) is 39.0 Å². The van der Waals surface area contributed by atoms with Crippen LogP contribution in [0.4, 0.5) is 0 Å². The van der Waals surface area contributed by atoms with Crippen molar-refractivity contribution >= 4 is 23.7 Å². The number of rotatable bonds is 21. The number of carboxylic acids is 1. The Morgan fingerprint density at radius 2 is 1.74 bits per heavy atom. The van der Waals surface area contributed by atoms with Gasteiger partial charge in [0.1, 0.15) is 25.0 Å². The first-order valence-electron chi connectivity index (χ1n) is 19.6. The number of carbonyl (C=O) groups is 3. The van der Waals surface area contributed by atoms with Gasteiger partial charge in [-0.25, -0.2) is 4.79 Å². The van der Waals surface area contributed by atoms with Crippen LogP contribution in [0.1, 0.15) is 72.6 Å². The predicted octanol–water partition coefficient (Wildman–Crippen LogP) is -0.307. The number of fused-ring (bicyclic) bond motifs is 1. The van der Waals surface area contributed by atoms with Gasteiger partial charge < -0.3 is 76.1 Å². The molecular formula is C39H65N5O14. The van der Waals surface area contributed by atoms with Gasteiger partial charge in [0.15, 0.2) is 18.3 Å². The average Bonchev–Trinajstić information content (AvgIpc) is 3.16. The van der Waals surface area contributed by atoms with Crippen LogP contribution in [0.5, 0.6) is 0 Å². The van der Waals surface area contributed by atoms with Crippen LogP contribution in [0.3, 0.4) is 0 Å². The SMILES string of the molecule is C=C1C[C@](OC)([C@H](O)C(=O)N[C@H]2OCO[C@H]3[C@@H]2O[C@H](C[C@H](O)CCC[C@@H](O)[C@@H](O)/C=C/C=C/C(=O)N[C@@H](CCCN=C(N)N)C(=O)O)C(C)(C)[C@@H]3OC)O[C@H](C)[C@@H]1C. The summed E-state index contributed by atoms with van der Waals surface area (Å²) in [7, 11) is 2.89. The van der Waals surface area contributed by atoms with Crippen molar-refractivity contribution in [2.45, 2.75) is 146 Å². The van der Waals surface area contributed by atoms with Crippen LogP contribution in [-0.2, 0) is 42.8 Å². The number of nitrogens with two attached hydrogens (primary N) is 2. The molecule has 0 aromatic carbocycles. The maximum atomic E-state index is 13.5. The molecule has 58 heavy (non-hydrogen) atoms. The van der Waals surface area contributed by atoms with Crippen molar-refractivity contribution in [1.82, 2.24) is 10.6 Å². The molecule has 0 aromatic rings. The summed E-state index contributed by atoms with van der Waals surface area (Å²) in [5.41, 5.74) is 10.6. The highest BCUT2D eigenvalue weighted by Crippen LogP contribution is 2.44. The van der Waals surface area contributed by atoms with Gasteiger partial charge in [0.2, 0.25) is 11.7 Å². The lowest BCUT2D eigenvalue weighted by Crippen LogP contribution is -2.69. The van der Waals surface area contributed by atoms with E-state index in [1.807, 2.05) is 27.7 Å². The van der Waals surface area contributed by atoms with Crippen LogP contribution in [-0.4, -0.2) is 150 Å². The number of aliphatic hydroxyl groups excluding tert-OH is 4. The number of nitrogens with one attached hydrogen (secondary N) is 2. The Morgan fingerprint density at radius 3 is 2.36 bits per heavy atom. The summed E-state index contributed by atoms with van der Waals surface area (Å²) in [6.07, 6.45) is -2.74. The monoisotopic (exact) mass is 827 g/mol. The average molecular weight is 828 g/mol. The highest BCUT2D eigenvalue weighted by atomic mass is 16.7. The van der Waals surface area contributed by atoms with E-state index in [9.17, 15) is 39.9 Å². The lowest BCUT2D eigenvalue weighted by atomic mass is 9.72. The molecule has 19 heteroatoms. The standard InChI is InChI=1S/C39H65N5O14/c1-21-19-39(54-7,58-23(3)22(21)2)32(49)34(50)44-35-31-30(55-20-56-35)33(53-6)38(4,5)28(57-31)18-24(45)12-10-15-27(47)26(46)14-8-9-16-29(48)43-25(36(51)52)13-11-17-42-37(40)41/h8-9,14,16,22-28,30-33,35,45-47,49H,1,10-13,15,17-20H2,2-7H3,(H,43,48)(H,44,50)(H,51,52)(H4,40,41,42)/b14-8+,16-9+/t22-,23-,24-,25+,26+,27-,28-,30+,31+,32-,33-,35+,39-/m1/s1. The van der Waals surface area contributed by atoms with E-state index in [0.717, 1.165) is 11.6 Å². The van der Waals surface area contributed by atoms with E-state index in [1.54, 1.807) is 0 Å². The van der Waals surface area contributed by atoms with Crippen LogP contribution >= 0.6 is 0 Å². The number of ether oxygens (including phenoxy) is 6. The number of allylic oxidation sites excluding steroid dienone is 2. The largest absolute Gasteiger partial charge is 0.480 e. The lowest BCUT2D eigenvalue weighted by Gasteiger charge is -2.54. The fraction of sp³-hybridized carbons (Fsp3) is 0.744. The second-order valence-electron chi connectivity index (χ2n) is 15.7. The second-order valence-corrected chi connectivity index (χ2v) is 15.7. The maximum absolute atomic E-state index is 13.5. The van der Waals surface area contributed by atoms with Gasteiger partial charge in [-0.1, -0.05) is 51.2 Å². The number of nitrogens with zero attached hydrogens (tertiary/aromatic N) is 1. The van der Waals surface area contributed by atoms with Crippen LogP contribution in [0.15, 0.2) is 41.4 Å². The first-order valence-corrected chi connectivity index (χ1v) is 19.6. The number of amides is 2. The van der Waals surface area contributed by atoms with Gasteiger partial charge in [0.25, 0.3) is 5.91 Å². The number of carbonyl (C=O) groups excluding carboxylic acids is 2. The van der Waals surface area contributed by atoms with Crippen molar-refractivity contribution in [2.75, 3.05) is 27.6 Å². The number of aliphatic carboxylic acids is 1. The summed E-state index contributed by atoms with van der Waals surface area (Å²) in [4.78, 5) is 41.0. The zero-order valence-corrected chi connectivity index (χ0v) is 34.3. The quantitative estimate of drug-likeness (QED) is 0.0179. The van der Waals surface area contributed by atoms with Gasteiger partial charge in [-0.3, -0.25) is 14.6 Å². The third-order valence-electron chi connectivity index (χ3n) is 11.2.